The van der Waals surface area contributed by atoms with Crippen LogP contribution in [0.2, 0.25) is 0 Å². The van der Waals surface area contributed by atoms with Crippen molar-refractivity contribution < 1.29 is 29.0 Å². The highest BCUT2D eigenvalue weighted by atomic mass is 16.5. The number of amides is 3. The summed E-state index contributed by atoms with van der Waals surface area (Å²) in [6.07, 6.45) is -0.470. The minimum Gasteiger partial charge on any atom is -0.480 e. The lowest BCUT2D eigenvalue weighted by Gasteiger charge is -2.16. The maximum atomic E-state index is 12.1. The van der Waals surface area contributed by atoms with E-state index in [1.165, 1.54) is 0 Å². The summed E-state index contributed by atoms with van der Waals surface area (Å²) in [7, 11) is 0. The Balaban J connectivity index is 1.42. The Hall–Kier alpha value is -3.88. The average Bonchev–Trinajstić information content (AvgIpc) is 3.13. The fourth-order valence-corrected chi connectivity index (χ4v) is 3.98. The van der Waals surface area contributed by atoms with Crippen LogP contribution in [-0.2, 0) is 19.1 Å². The molecule has 2 aromatic carbocycles. The second kappa shape index (κ2) is 11.3. The zero-order valence-corrected chi connectivity index (χ0v) is 19.2. The van der Waals surface area contributed by atoms with Gasteiger partial charge < -0.3 is 25.8 Å². The number of alkyl carbamates (subject to hydrolysis) is 1. The van der Waals surface area contributed by atoms with E-state index in [2.05, 4.69) is 16.0 Å². The van der Waals surface area contributed by atoms with E-state index in [-0.39, 0.29) is 31.4 Å². The lowest BCUT2D eigenvalue weighted by atomic mass is 9.98. The molecule has 0 aromatic heterocycles. The summed E-state index contributed by atoms with van der Waals surface area (Å²) in [5, 5.41) is 16.2. The molecule has 0 saturated heterocycles. The second-order valence-corrected chi connectivity index (χ2v) is 8.54. The lowest BCUT2D eigenvalue weighted by Crippen LogP contribution is -2.47. The minimum atomic E-state index is -1.13. The number of nitrogens with one attached hydrogen (secondary N) is 3. The van der Waals surface area contributed by atoms with E-state index in [0.29, 0.717) is 0 Å². The van der Waals surface area contributed by atoms with Crippen LogP contribution in [0.1, 0.15) is 37.3 Å². The van der Waals surface area contributed by atoms with E-state index in [1.807, 2.05) is 62.4 Å². The molecule has 0 heterocycles. The number of carboxylic acids is 1. The molecule has 1 atom stereocenters. The van der Waals surface area contributed by atoms with Crippen molar-refractivity contribution in [3.63, 3.8) is 0 Å². The molecule has 180 valence electrons. The molecule has 3 rings (SSSR count). The first-order valence-electron chi connectivity index (χ1n) is 11.1. The van der Waals surface area contributed by atoms with Gasteiger partial charge in [0, 0.05) is 5.92 Å². The zero-order valence-electron chi connectivity index (χ0n) is 19.2. The molecule has 0 radical (unpaired) electrons. The molecular weight excluding hydrogens is 438 g/mol. The van der Waals surface area contributed by atoms with Gasteiger partial charge in [0.2, 0.25) is 11.8 Å². The molecule has 0 bridgehead atoms. The van der Waals surface area contributed by atoms with Crippen molar-refractivity contribution in [1.82, 2.24) is 16.0 Å². The Morgan fingerprint density at radius 2 is 1.44 bits per heavy atom. The van der Waals surface area contributed by atoms with E-state index >= 15 is 0 Å². The monoisotopic (exact) mass is 467 g/mol. The van der Waals surface area contributed by atoms with Crippen molar-refractivity contribution >= 4 is 23.9 Å². The molecule has 0 aliphatic heterocycles. The highest BCUT2D eigenvalue weighted by Gasteiger charge is 2.29. The third kappa shape index (κ3) is 6.34. The van der Waals surface area contributed by atoms with Crippen LogP contribution in [-0.4, -0.2) is 54.7 Å². The molecule has 3 amide bonds. The van der Waals surface area contributed by atoms with Crippen LogP contribution in [0.25, 0.3) is 11.1 Å². The van der Waals surface area contributed by atoms with E-state index in [0.717, 1.165) is 22.3 Å². The summed E-state index contributed by atoms with van der Waals surface area (Å²) in [5.74, 6) is -2.37. The number of fused-ring (bicyclic) bond motifs is 3. The molecule has 1 aliphatic carbocycles. The number of hydrogen-bond donors (Lipinski definition) is 4. The lowest BCUT2D eigenvalue weighted by molar-refractivity contribution is -0.142. The van der Waals surface area contributed by atoms with Gasteiger partial charge in [-0.3, -0.25) is 9.59 Å². The quantitative estimate of drug-likeness (QED) is 0.424. The van der Waals surface area contributed by atoms with E-state index in [9.17, 15) is 19.2 Å². The summed E-state index contributed by atoms with van der Waals surface area (Å²) in [6.45, 7) is 3.04. The maximum absolute atomic E-state index is 12.1. The summed E-state index contributed by atoms with van der Waals surface area (Å²) >= 11 is 0. The van der Waals surface area contributed by atoms with Crippen molar-refractivity contribution in [2.45, 2.75) is 32.2 Å². The predicted octanol–water partition coefficient (Wildman–Crippen LogP) is 2.26. The van der Waals surface area contributed by atoms with Crippen molar-refractivity contribution in [2.24, 2.45) is 5.92 Å². The van der Waals surface area contributed by atoms with Gasteiger partial charge in [-0.2, -0.15) is 0 Å². The summed E-state index contributed by atoms with van der Waals surface area (Å²) < 4.78 is 5.36. The SMILES string of the molecule is CC(C)C[C@@H](NC(=O)CNC(=O)CNC(=O)OCC1c2ccccc2-c2ccccc21)C(=O)O. The topological polar surface area (TPSA) is 134 Å². The van der Waals surface area contributed by atoms with Crippen LogP contribution >= 0.6 is 0 Å². The first-order valence-corrected chi connectivity index (χ1v) is 11.1. The molecule has 1 aliphatic rings. The molecule has 4 N–H and O–H groups in total. The Morgan fingerprint density at radius 3 is 2.00 bits per heavy atom. The van der Waals surface area contributed by atoms with Gasteiger partial charge in [-0.05, 0) is 34.6 Å². The number of ether oxygens (including phenoxy) is 1. The molecule has 0 fully saturated rings. The number of rotatable bonds is 10. The molecule has 0 spiro atoms. The Labute approximate surface area is 197 Å². The van der Waals surface area contributed by atoms with Crippen LogP contribution in [0.5, 0.6) is 0 Å². The van der Waals surface area contributed by atoms with Gasteiger partial charge in [0.15, 0.2) is 0 Å². The number of aliphatic carboxylic acids is 1. The van der Waals surface area contributed by atoms with E-state index in [1.54, 1.807) is 0 Å². The third-order valence-corrected chi connectivity index (χ3v) is 5.52. The minimum absolute atomic E-state index is 0.0809. The predicted molar refractivity (Wildman–Crippen MR) is 125 cm³/mol. The number of hydrogen-bond acceptors (Lipinski definition) is 5. The van der Waals surface area contributed by atoms with Gasteiger partial charge >= 0.3 is 12.1 Å². The third-order valence-electron chi connectivity index (χ3n) is 5.52. The number of carbonyl (C=O) groups is 4. The summed E-state index contributed by atoms with van der Waals surface area (Å²) in [5.41, 5.74) is 4.39. The van der Waals surface area contributed by atoms with E-state index < -0.39 is 36.5 Å². The van der Waals surface area contributed by atoms with Gasteiger partial charge in [-0.25, -0.2) is 9.59 Å². The fourth-order valence-electron chi connectivity index (χ4n) is 3.98. The van der Waals surface area contributed by atoms with Crippen molar-refractivity contribution in [3.8, 4) is 11.1 Å². The molecule has 0 saturated carbocycles. The van der Waals surface area contributed by atoms with Crippen LogP contribution in [0.15, 0.2) is 48.5 Å². The molecule has 9 heteroatoms. The van der Waals surface area contributed by atoms with Crippen LogP contribution in [0.4, 0.5) is 4.79 Å². The largest absolute Gasteiger partial charge is 0.480 e. The average molecular weight is 468 g/mol. The molecule has 0 unspecified atom stereocenters. The number of carbonyl (C=O) groups excluding carboxylic acids is 3. The number of benzene rings is 2. The van der Waals surface area contributed by atoms with Gasteiger partial charge in [0.1, 0.15) is 19.2 Å². The van der Waals surface area contributed by atoms with Crippen molar-refractivity contribution in [1.29, 1.82) is 0 Å². The van der Waals surface area contributed by atoms with Crippen molar-refractivity contribution in [3.05, 3.63) is 59.7 Å². The standard InChI is InChI=1S/C25H29N3O6/c1-15(2)11-21(24(31)32)28-23(30)13-26-22(29)12-27-25(33)34-14-20-18-9-5-3-7-16(18)17-8-4-6-10-19(17)20/h3-10,15,20-21H,11-14H2,1-2H3,(H,26,29)(H,27,33)(H,28,30)(H,31,32)/t21-/m1/s1. The first-order chi connectivity index (χ1) is 16.3. The normalized spacial score (nSPS) is 12.9. The number of carboxylic acid groups (broad SMARTS) is 1. The van der Waals surface area contributed by atoms with Gasteiger partial charge in [0.05, 0.1) is 6.54 Å². The molecular formula is C25H29N3O6. The molecule has 2 aromatic rings. The van der Waals surface area contributed by atoms with Crippen LogP contribution in [0, 0.1) is 5.92 Å². The maximum Gasteiger partial charge on any atom is 0.407 e. The fraction of sp³-hybridized carbons (Fsp3) is 0.360. The van der Waals surface area contributed by atoms with Crippen LogP contribution < -0.4 is 16.0 Å². The van der Waals surface area contributed by atoms with Gasteiger partial charge in [-0.1, -0.05) is 62.4 Å². The smallest absolute Gasteiger partial charge is 0.407 e. The Bertz CT molecular complexity index is 1020. The first kappa shape index (κ1) is 24.8. The van der Waals surface area contributed by atoms with Crippen molar-refractivity contribution in [2.75, 3.05) is 19.7 Å². The summed E-state index contributed by atoms with van der Waals surface area (Å²) in [4.78, 5) is 47.2. The van der Waals surface area contributed by atoms with E-state index in [4.69, 9.17) is 9.84 Å². The van der Waals surface area contributed by atoms with Crippen LogP contribution in [0.3, 0.4) is 0 Å². The van der Waals surface area contributed by atoms with Gasteiger partial charge in [0.25, 0.3) is 0 Å². The Morgan fingerprint density at radius 1 is 0.882 bits per heavy atom. The highest BCUT2D eigenvalue weighted by molar-refractivity contribution is 5.89. The highest BCUT2D eigenvalue weighted by Crippen LogP contribution is 2.44. The second-order valence-electron chi connectivity index (χ2n) is 8.54. The summed E-state index contributed by atoms with van der Waals surface area (Å²) in [6, 6.07) is 14.9. The molecule has 9 nitrogen and oxygen atoms in total. The van der Waals surface area contributed by atoms with Gasteiger partial charge in [-0.15, -0.1) is 0 Å². The Kier molecular flexibility index (Phi) is 8.24. The zero-order chi connectivity index (χ0) is 24.7. The molecule has 34 heavy (non-hydrogen) atoms.